The van der Waals surface area contributed by atoms with Gasteiger partial charge in [-0.15, -0.1) is 5.10 Å². The molecule has 1 aliphatic rings. The molecule has 2 aromatic heterocycles. The van der Waals surface area contributed by atoms with E-state index in [-0.39, 0.29) is 17.6 Å². The molecule has 2 heterocycles. The van der Waals surface area contributed by atoms with E-state index in [1.807, 2.05) is 0 Å². The molecule has 26 heavy (non-hydrogen) atoms. The van der Waals surface area contributed by atoms with Gasteiger partial charge in [0.1, 0.15) is 23.1 Å². The number of hydrogen-bond acceptors (Lipinski definition) is 5. The first kappa shape index (κ1) is 16.7. The van der Waals surface area contributed by atoms with Crippen molar-refractivity contribution in [2.45, 2.75) is 37.6 Å². The zero-order valence-electron chi connectivity index (χ0n) is 14.1. The van der Waals surface area contributed by atoms with Gasteiger partial charge in [0.05, 0.1) is 5.69 Å². The van der Waals surface area contributed by atoms with Crippen LogP contribution in [-0.4, -0.2) is 20.6 Å². The average Bonchev–Trinajstić information content (AvgIpc) is 3.07. The van der Waals surface area contributed by atoms with E-state index in [1.165, 1.54) is 22.7 Å². The van der Waals surface area contributed by atoms with E-state index in [9.17, 15) is 8.78 Å². The molecule has 0 radical (unpaired) electrons. The fraction of sp³-hybridized carbons (Fsp3) is 0.333. The van der Waals surface area contributed by atoms with Crippen LogP contribution in [0.3, 0.4) is 0 Å². The maximum Gasteiger partial charge on any atom is 0.177 e. The molecule has 8 heteroatoms. The van der Waals surface area contributed by atoms with Crippen molar-refractivity contribution < 1.29 is 8.78 Å². The lowest BCUT2D eigenvalue weighted by Crippen LogP contribution is -2.26. The molecule has 1 aromatic carbocycles. The molecule has 5 N–H and O–H groups in total. The Kier molecular flexibility index (Phi) is 4.20. The van der Waals surface area contributed by atoms with Crippen molar-refractivity contribution in [3.8, 4) is 0 Å². The van der Waals surface area contributed by atoms with Crippen LogP contribution >= 0.6 is 0 Å². The van der Waals surface area contributed by atoms with E-state index in [1.54, 1.807) is 12.4 Å². The molecule has 0 aliphatic heterocycles. The van der Waals surface area contributed by atoms with Crippen LogP contribution in [0.1, 0.15) is 37.2 Å². The third kappa shape index (κ3) is 2.86. The largest absolute Gasteiger partial charge is 0.382 e. The number of halogens is 2. The second kappa shape index (κ2) is 6.53. The number of rotatable bonds is 3. The maximum atomic E-state index is 14.2. The number of para-hydroxylation sites is 1. The molecule has 6 nitrogen and oxygen atoms in total. The zero-order valence-corrected chi connectivity index (χ0v) is 14.1. The summed E-state index contributed by atoms with van der Waals surface area (Å²) >= 11 is 0. The molecule has 0 amide bonds. The molecule has 3 aromatic rings. The number of aromatic nitrogens is 3. The highest BCUT2D eigenvalue weighted by Gasteiger charge is 2.27. The molecule has 0 atom stereocenters. The molecule has 0 bridgehead atoms. The highest BCUT2D eigenvalue weighted by atomic mass is 19.1. The fourth-order valence-corrected chi connectivity index (χ4v) is 3.66. The first-order valence-electron chi connectivity index (χ1n) is 8.64. The minimum Gasteiger partial charge on any atom is -0.382 e. The monoisotopic (exact) mass is 358 g/mol. The van der Waals surface area contributed by atoms with Gasteiger partial charge in [0.25, 0.3) is 0 Å². The summed E-state index contributed by atoms with van der Waals surface area (Å²) in [4.78, 5) is 4.30. The van der Waals surface area contributed by atoms with Gasteiger partial charge >= 0.3 is 0 Å². The molecule has 4 rings (SSSR count). The highest BCUT2D eigenvalue weighted by Crippen LogP contribution is 2.41. The van der Waals surface area contributed by atoms with Crippen molar-refractivity contribution in [1.29, 1.82) is 0 Å². The number of nitrogens with zero attached hydrogens (tertiary/aromatic N) is 3. The number of benzene rings is 1. The van der Waals surface area contributed by atoms with Crippen LogP contribution in [0.4, 0.5) is 26.0 Å². The van der Waals surface area contributed by atoms with Gasteiger partial charge in [0, 0.05) is 24.0 Å². The molecular formula is C18H20F2N6. The second-order valence-electron chi connectivity index (χ2n) is 6.70. The summed E-state index contributed by atoms with van der Waals surface area (Å²) in [6.45, 7) is 0. The van der Waals surface area contributed by atoms with E-state index in [0.29, 0.717) is 17.2 Å². The maximum absolute atomic E-state index is 14.2. The van der Waals surface area contributed by atoms with Crippen molar-refractivity contribution in [2.75, 3.05) is 11.1 Å². The lowest BCUT2D eigenvalue weighted by Gasteiger charge is -2.28. The zero-order chi connectivity index (χ0) is 18.3. The summed E-state index contributed by atoms with van der Waals surface area (Å²) in [5.74, 6) is -0.917. The van der Waals surface area contributed by atoms with Crippen LogP contribution in [0.15, 0.2) is 30.6 Å². The van der Waals surface area contributed by atoms with Gasteiger partial charge in [-0.2, -0.15) is 0 Å². The number of anilines is 3. The highest BCUT2D eigenvalue weighted by molar-refractivity contribution is 5.81. The fourth-order valence-electron chi connectivity index (χ4n) is 3.66. The SMILES string of the molecule is Nc1nn2ccnc2c(Nc2c(F)cccc2F)c1C1CCC(N)CC1. The van der Waals surface area contributed by atoms with Crippen LogP contribution < -0.4 is 16.8 Å². The summed E-state index contributed by atoms with van der Waals surface area (Å²) in [6.07, 6.45) is 6.66. The number of nitrogens with one attached hydrogen (secondary N) is 1. The Labute approximate surface area is 149 Å². The summed E-state index contributed by atoms with van der Waals surface area (Å²) in [6, 6.07) is 3.91. The second-order valence-corrected chi connectivity index (χ2v) is 6.70. The molecule has 1 saturated carbocycles. The number of nitrogen functional groups attached to an aromatic ring is 1. The van der Waals surface area contributed by atoms with Gasteiger partial charge < -0.3 is 16.8 Å². The average molecular weight is 358 g/mol. The molecule has 1 fully saturated rings. The van der Waals surface area contributed by atoms with Crippen LogP contribution in [0, 0.1) is 11.6 Å². The van der Waals surface area contributed by atoms with Gasteiger partial charge in [-0.1, -0.05) is 6.07 Å². The van der Waals surface area contributed by atoms with E-state index < -0.39 is 11.6 Å². The van der Waals surface area contributed by atoms with Crippen LogP contribution in [0.5, 0.6) is 0 Å². The van der Waals surface area contributed by atoms with Crippen molar-refractivity contribution in [1.82, 2.24) is 14.6 Å². The number of nitrogens with two attached hydrogens (primary N) is 2. The molecular weight excluding hydrogens is 338 g/mol. The van der Waals surface area contributed by atoms with Gasteiger partial charge in [-0.3, -0.25) is 0 Å². The minimum absolute atomic E-state index is 0.112. The van der Waals surface area contributed by atoms with Crippen molar-refractivity contribution in [3.63, 3.8) is 0 Å². The molecule has 1 aliphatic carbocycles. The Morgan fingerprint density at radius 2 is 1.77 bits per heavy atom. The number of hydrogen-bond donors (Lipinski definition) is 3. The number of imidazole rings is 1. The predicted octanol–water partition coefficient (Wildman–Crippen LogP) is 3.32. The van der Waals surface area contributed by atoms with E-state index in [2.05, 4.69) is 15.4 Å². The van der Waals surface area contributed by atoms with Crippen LogP contribution in [0.25, 0.3) is 5.65 Å². The third-order valence-corrected chi connectivity index (χ3v) is 5.00. The predicted molar refractivity (Wildman–Crippen MR) is 96.2 cm³/mol. The Morgan fingerprint density at radius 1 is 1.08 bits per heavy atom. The molecule has 0 spiro atoms. The number of fused-ring (bicyclic) bond motifs is 1. The molecule has 136 valence electrons. The molecule has 0 unspecified atom stereocenters. The van der Waals surface area contributed by atoms with Gasteiger partial charge in [-0.25, -0.2) is 18.3 Å². The van der Waals surface area contributed by atoms with Crippen molar-refractivity contribution in [3.05, 3.63) is 47.8 Å². The topological polar surface area (TPSA) is 94.3 Å². The van der Waals surface area contributed by atoms with Crippen LogP contribution in [0.2, 0.25) is 0 Å². The minimum atomic E-state index is -0.679. The summed E-state index contributed by atoms with van der Waals surface area (Å²) < 4.78 is 29.9. The summed E-state index contributed by atoms with van der Waals surface area (Å²) in [5, 5.41) is 7.25. The van der Waals surface area contributed by atoms with Gasteiger partial charge in [-0.05, 0) is 43.7 Å². The van der Waals surface area contributed by atoms with Gasteiger partial charge in [0.2, 0.25) is 0 Å². The normalized spacial score (nSPS) is 20.4. The first-order chi connectivity index (χ1) is 12.5. The van der Waals surface area contributed by atoms with E-state index in [0.717, 1.165) is 31.2 Å². The third-order valence-electron chi connectivity index (χ3n) is 5.00. The quantitative estimate of drug-likeness (QED) is 0.668. The van der Waals surface area contributed by atoms with Gasteiger partial charge in [0.15, 0.2) is 5.65 Å². The summed E-state index contributed by atoms with van der Waals surface area (Å²) in [7, 11) is 0. The van der Waals surface area contributed by atoms with E-state index >= 15 is 0 Å². The standard InChI is InChI=1S/C18H20F2N6/c19-12-2-1-3-13(20)15(12)24-16-14(10-4-6-11(21)7-5-10)17(22)25-26-9-8-23-18(16)26/h1-3,8-11,24H,4-7,21H2,(H2,22,25). The Balaban J connectivity index is 1.86. The Hall–Kier alpha value is -2.74. The van der Waals surface area contributed by atoms with E-state index in [4.69, 9.17) is 11.5 Å². The van der Waals surface area contributed by atoms with Crippen molar-refractivity contribution in [2.24, 2.45) is 5.73 Å². The Morgan fingerprint density at radius 3 is 2.46 bits per heavy atom. The summed E-state index contributed by atoms with van der Waals surface area (Å²) in [5.41, 5.74) is 13.7. The Bertz CT molecular complexity index is 926. The lowest BCUT2D eigenvalue weighted by molar-refractivity contribution is 0.396. The lowest BCUT2D eigenvalue weighted by atomic mass is 9.81. The molecule has 0 saturated heterocycles. The smallest absolute Gasteiger partial charge is 0.177 e. The first-order valence-corrected chi connectivity index (χ1v) is 8.64. The van der Waals surface area contributed by atoms with Crippen LogP contribution in [-0.2, 0) is 0 Å². The van der Waals surface area contributed by atoms with Crippen molar-refractivity contribution >= 4 is 22.8 Å².